The second-order valence-corrected chi connectivity index (χ2v) is 11.6. The number of rotatable bonds is 13. The van der Waals surface area contributed by atoms with Crippen LogP contribution in [0.3, 0.4) is 0 Å². The Morgan fingerprint density at radius 2 is 1.44 bits per heavy atom. The Bertz CT molecular complexity index is 1800. The highest BCUT2D eigenvalue weighted by molar-refractivity contribution is 7.88. The first-order chi connectivity index (χ1) is 20.2. The number of nitrogens with zero attached hydrogens (tertiary/aromatic N) is 2. The standard InChI is InChI=1S/C25H25N3O13S2/c1-38-16-12-21(40-3)17(22(13-16)41-4)9-10-26-42(33,34)14-15-5-7-20(39-2)18(11-15)24-19(27(29)30)6-8-23(43(35,36)37)25(24)28(31)32/h5-13,26H,14H2,1-4H3,(H,35,36,37). The maximum atomic E-state index is 12.9. The van der Waals surface area contributed by atoms with E-state index in [0.29, 0.717) is 34.9 Å². The molecule has 0 saturated carbocycles. The van der Waals surface area contributed by atoms with Crippen LogP contribution in [-0.2, 0) is 25.9 Å². The smallest absolute Gasteiger partial charge is 0.305 e. The van der Waals surface area contributed by atoms with Crippen LogP contribution in [0, 0.1) is 20.2 Å². The van der Waals surface area contributed by atoms with Gasteiger partial charge in [-0.2, -0.15) is 8.42 Å². The molecule has 230 valence electrons. The number of nitrogens with one attached hydrogen (secondary N) is 1. The lowest BCUT2D eigenvalue weighted by Gasteiger charge is -2.14. The molecule has 0 fully saturated rings. The molecule has 0 heterocycles. The largest absolute Gasteiger partial charge is 0.496 e. The monoisotopic (exact) mass is 639 g/mol. The van der Waals surface area contributed by atoms with Gasteiger partial charge in [-0.25, -0.2) is 8.42 Å². The first-order valence-electron chi connectivity index (χ1n) is 11.7. The second-order valence-electron chi connectivity index (χ2n) is 8.49. The molecule has 0 unspecified atom stereocenters. The molecular formula is C25H25N3O13S2. The quantitative estimate of drug-likeness (QED) is 0.155. The number of hydrogen-bond donors (Lipinski definition) is 2. The summed E-state index contributed by atoms with van der Waals surface area (Å²) in [7, 11) is -3.95. The predicted octanol–water partition coefficient (Wildman–Crippen LogP) is 3.54. The summed E-state index contributed by atoms with van der Waals surface area (Å²) >= 11 is 0. The van der Waals surface area contributed by atoms with E-state index in [0.717, 1.165) is 19.4 Å². The van der Waals surface area contributed by atoms with Crippen molar-refractivity contribution < 1.29 is 50.2 Å². The molecule has 18 heteroatoms. The molecule has 0 aliphatic carbocycles. The van der Waals surface area contributed by atoms with E-state index in [1.807, 2.05) is 0 Å². The Kier molecular flexibility index (Phi) is 9.79. The average molecular weight is 640 g/mol. The number of nitro benzene ring substituents is 2. The molecule has 0 aliphatic heterocycles. The molecule has 0 aliphatic rings. The second kappa shape index (κ2) is 12.9. The first kappa shape index (κ1) is 32.6. The number of sulfonamides is 1. The highest BCUT2D eigenvalue weighted by Crippen LogP contribution is 2.46. The molecule has 0 atom stereocenters. The fraction of sp³-hybridized carbons (Fsp3) is 0.200. The molecule has 3 rings (SSSR count). The van der Waals surface area contributed by atoms with Gasteiger partial charge in [-0.1, -0.05) is 6.07 Å². The van der Waals surface area contributed by atoms with E-state index in [4.69, 9.17) is 18.9 Å². The Labute approximate surface area is 245 Å². The van der Waals surface area contributed by atoms with Crippen LogP contribution in [0.4, 0.5) is 11.4 Å². The van der Waals surface area contributed by atoms with E-state index in [1.165, 1.54) is 39.5 Å². The number of ether oxygens (including phenoxy) is 4. The number of benzene rings is 3. The zero-order valence-corrected chi connectivity index (χ0v) is 24.6. The summed E-state index contributed by atoms with van der Waals surface area (Å²) < 4.78 is 82.4. The van der Waals surface area contributed by atoms with Crippen LogP contribution in [-0.4, -0.2) is 59.7 Å². The van der Waals surface area contributed by atoms with Crippen LogP contribution in [0.5, 0.6) is 23.0 Å². The first-order valence-corrected chi connectivity index (χ1v) is 14.8. The van der Waals surface area contributed by atoms with Crippen molar-refractivity contribution in [3.8, 4) is 34.1 Å². The Hall–Kier alpha value is -4.94. The summed E-state index contributed by atoms with van der Waals surface area (Å²) in [5.41, 5.74) is -2.97. The van der Waals surface area contributed by atoms with Crippen molar-refractivity contribution in [1.29, 1.82) is 0 Å². The van der Waals surface area contributed by atoms with Crippen LogP contribution in [0.25, 0.3) is 17.2 Å². The molecule has 2 N–H and O–H groups in total. The zero-order chi connectivity index (χ0) is 32.1. The van der Waals surface area contributed by atoms with Crippen LogP contribution in [0.1, 0.15) is 11.1 Å². The molecule has 0 spiro atoms. The van der Waals surface area contributed by atoms with Crippen molar-refractivity contribution >= 4 is 37.6 Å². The molecule has 0 aromatic heterocycles. The van der Waals surface area contributed by atoms with Gasteiger partial charge in [0.25, 0.3) is 5.69 Å². The minimum absolute atomic E-state index is 0.00263. The Balaban J connectivity index is 2.08. The summed E-state index contributed by atoms with van der Waals surface area (Å²) in [6.45, 7) is 0. The molecule has 16 nitrogen and oxygen atoms in total. The normalized spacial score (nSPS) is 11.7. The van der Waals surface area contributed by atoms with Gasteiger partial charge in [0.15, 0.2) is 4.90 Å². The number of methoxy groups -OCH3 is 4. The average Bonchev–Trinajstić information content (AvgIpc) is 2.95. The Morgan fingerprint density at radius 1 is 0.837 bits per heavy atom. The van der Waals surface area contributed by atoms with Gasteiger partial charge in [0, 0.05) is 30.0 Å². The van der Waals surface area contributed by atoms with E-state index >= 15 is 0 Å². The van der Waals surface area contributed by atoms with Crippen LogP contribution < -0.4 is 23.7 Å². The molecule has 0 radical (unpaired) electrons. The van der Waals surface area contributed by atoms with Crippen molar-refractivity contribution in [3.63, 3.8) is 0 Å². The minimum Gasteiger partial charge on any atom is -0.496 e. The van der Waals surface area contributed by atoms with E-state index in [-0.39, 0.29) is 16.9 Å². The summed E-state index contributed by atoms with van der Waals surface area (Å²) in [4.78, 5) is 20.3. The third-order valence-corrected chi connectivity index (χ3v) is 8.01. The van der Waals surface area contributed by atoms with Gasteiger partial charge in [0.2, 0.25) is 10.0 Å². The highest BCUT2D eigenvalue weighted by Gasteiger charge is 2.36. The van der Waals surface area contributed by atoms with Crippen LogP contribution in [0.15, 0.2) is 53.6 Å². The van der Waals surface area contributed by atoms with Gasteiger partial charge < -0.3 is 18.9 Å². The highest BCUT2D eigenvalue weighted by atomic mass is 32.2. The summed E-state index contributed by atoms with van der Waals surface area (Å²) in [5, 5.41) is 23.7. The molecule has 0 bridgehead atoms. The van der Waals surface area contributed by atoms with Crippen molar-refractivity contribution in [1.82, 2.24) is 4.72 Å². The molecular weight excluding hydrogens is 614 g/mol. The van der Waals surface area contributed by atoms with Gasteiger partial charge in [-0.15, -0.1) is 0 Å². The summed E-state index contributed by atoms with van der Waals surface area (Å²) in [5.74, 6) is 0.185. The lowest BCUT2D eigenvalue weighted by molar-refractivity contribution is -0.394. The van der Waals surface area contributed by atoms with Gasteiger partial charge in [0.05, 0.1) is 49.6 Å². The third-order valence-electron chi connectivity index (χ3n) is 5.92. The maximum absolute atomic E-state index is 12.9. The van der Waals surface area contributed by atoms with E-state index in [2.05, 4.69) is 4.72 Å². The van der Waals surface area contributed by atoms with Crippen molar-refractivity contribution in [3.05, 3.63) is 80.0 Å². The van der Waals surface area contributed by atoms with Crippen molar-refractivity contribution in [2.45, 2.75) is 10.6 Å². The topological polar surface area (TPSA) is 224 Å². The number of hydrogen-bond acceptors (Lipinski definition) is 12. The summed E-state index contributed by atoms with van der Waals surface area (Å²) in [6.07, 6.45) is 2.49. The van der Waals surface area contributed by atoms with E-state index < -0.39 is 57.6 Å². The fourth-order valence-corrected chi connectivity index (χ4v) is 5.73. The summed E-state index contributed by atoms with van der Waals surface area (Å²) in [6, 6.07) is 7.89. The van der Waals surface area contributed by atoms with Crippen molar-refractivity contribution in [2.24, 2.45) is 0 Å². The lowest BCUT2D eigenvalue weighted by Crippen LogP contribution is -2.19. The third kappa shape index (κ3) is 7.29. The van der Waals surface area contributed by atoms with Crippen molar-refractivity contribution in [2.75, 3.05) is 28.4 Å². The molecule has 43 heavy (non-hydrogen) atoms. The molecule has 3 aromatic rings. The predicted molar refractivity (Wildman–Crippen MR) is 152 cm³/mol. The van der Waals surface area contributed by atoms with Gasteiger partial charge in [0.1, 0.15) is 28.6 Å². The van der Waals surface area contributed by atoms with Gasteiger partial charge in [-0.05, 0) is 29.8 Å². The zero-order valence-electron chi connectivity index (χ0n) is 23.0. The van der Waals surface area contributed by atoms with Gasteiger partial charge >= 0.3 is 15.8 Å². The van der Waals surface area contributed by atoms with Gasteiger partial charge in [-0.3, -0.25) is 29.5 Å². The van der Waals surface area contributed by atoms with E-state index in [9.17, 15) is 41.6 Å². The van der Waals surface area contributed by atoms with E-state index in [1.54, 1.807) is 12.1 Å². The maximum Gasteiger partial charge on any atom is 0.305 e. The molecule has 0 amide bonds. The molecule has 0 saturated heterocycles. The Morgan fingerprint density at radius 3 is 1.93 bits per heavy atom. The van der Waals surface area contributed by atoms with Crippen LogP contribution >= 0.6 is 0 Å². The SMILES string of the molecule is COc1cc(OC)c(C=CNS(=O)(=O)Cc2ccc(OC)c(-c3c([N+](=O)[O-])ccc(S(=O)(=O)O)c3[N+](=O)[O-])c2)c(OC)c1. The fourth-order valence-electron chi connectivity index (χ4n) is 4.09. The van der Waals surface area contributed by atoms with Crippen LogP contribution in [0.2, 0.25) is 0 Å². The minimum atomic E-state index is -5.20. The number of nitro groups is 2. The lowest BCUT2D eigenvalue weighted by atomic mass is 9.98. The molecule has 3 aromatic carbocycles.